The largest absolute Gasteiger partial charge is 0.507 e. The number of halogens is 1. The molecule has 1 aliphatic heterocycles. The number of phenolic OH excluding ortho intramolecular Hbond substituents is 1. The molecule has 1 unspecified atom stereocenters. The molecular weight excluding hydrogens is 454 g/mol. The summed E-state index contributed by atoms with van der Waals surface area (Å²) in [5.41, 5.74) is 3.70. The molecule has 1 aliphatic rings. The SMILES string of the molecule is C=CCOc1ccc(C2c3c(-c4cc(Cl)c(C)cc4O)n[nH]c3C(=O)N2CCCC)cc1OC. The van der Waals surface area contributed by atoms with E-state index < -0.39 is 6.04 Å². The fourth-order valence-corrected chi connectivity index (χ4v) is 4.45. The van der Waals surface area contributed by atoms with Crippen LogP contribution < -0.4 is 9.47 Å². The maximum atomic E-state index is 13.4. The Morgan fingerprint density at radius 2 is 2.09 bits per heavy atom. The fraction of sp³-hybridized carbons (Fsp3) is 0.308. The van der Waals surface area contributed by atoms with Crippen LogP contribution in [0, 0.1) is 6.92 Å². The van der Waals surface area contributed by atoms with E-state index in [1.54, 1.807) is 25.3 Å². The van der Waals surface area contributed by atoms with Crippen molar-refractivity contribution in [3.05, 3.63) is 70.4 Å². The van der Waals surface area contributed by atoms with Gasteiger partial charge in [0.2, 0.25) is 0 Å². The van der Waals surface area contributed by atoms with Gasteiger partial charge in [-0.05, 0) is 48.7 Å². The minimum atomic E-state index is -0.412. The number of benzene rings is 2. The first kappa shape index (κ1) is 23.7. The second-order valence-electron chi connectivity index (χ2n) is 8.24. The number of methoxy groups -OCH3 is 1. The molecule has 0 bridgehead atoms. The summed E-state index contributed by atoms with van der Waals surface area (Å²) in [5, 5.41) is 18.5. The van der Waals surface area contributed by atoms with E-state index in [-0.39, 0.29) is 11.7 Å². The zero-order chi connectivity index (χ0) is 24.4. The number of aryl methyl sites for hydroxylation is 1. The number of nitrogens with one attached hydrogen (secondary N) is 1. The third-order valence-corrected chi connectivity index (χ3v) is 6.42. The summed E-state index contributed by atoms with van der Waals surface area (Å²) < 4.78 is 11.3. The summed E-state index contributed by atoms with van der Waals surface area (Å²) in [6.45, 7) is 8.53. The predicted molar refractivity (Wildman–Crippen MR) is 132 cm³/mol. The Morgan fingerprint density at radius 3 is 2.79 bits per heavy atom. The molecule has 178 valence electrons. The van der Waals surface area contributed by atoms with Crippen LogP contribution in [-0.4, -0.2) is 46.4 Å². The molecule has 0 saturated carbocycles. The van der Waals surface area contributed by atoms with Crippen molar-refractivity contribution in [2.75, 3.05) is 20.3 Å². The quantitative estimate of drug-likeness (QED) is 0.385. The number of unbranched alkanes of at least 4 members (excludes halogenated alkanes) is 1. The van der Waals surface area contributed by atoms with Crippen LogP contribution in [-0.2, 0) is 0 Å². The fourth-order valence-electron chi connectivity index (χ4n) is 4.29. The van der Waals surface area contributed by atoms with Crippen molar-refractivity contribution in [1.29, 1.82) is 0 Å². The van der Waals surface area contributed by atoms with E-state index in [2.05, 4.69) is 23.7 Å². The molecule has 0 spiro atoms. The first-order valence-electron chi connectivity index (χ1n) is 11.2. The second-order valence-corrected chi connectivity index (χ2v) is 8.65. The van der Waals surface area contributed by atoms with Crippen LogP contribution in [0.5, 0.6) is 17.2 Å². The molecule has 8 heteroatoms. The van der Waals surface area contributed by atoms with Crippen LogP contribution in [0.3, 0.4) is 0 Å². The molecule has 0 radical (unpaired) electrons. The maximum Gasteiger partial charge on any atom is 0.273 e. The van der Waals surface area contributed by atoms with Gasteiger partial charge in [0.15, 0.2) is 11.5 Å². The minimum absolute atomic E-state index is 0.0557. The Morgan fingerprint density at radius 1 is 1.29 bits per heavy atom. The van der Waals surface area contributed by atoms with Crippen molar-refractivity contribution in [3.63, 3.8) is 0 Å². The van der Waals surface area contributed by atoms with Gasteiger partial charge >= 0.3 is 0 Å². The molecule has 2 N–H and O–H groups in total. The number of carbonyl (C=O) groups is 1. The monoisotopic (exact) mass is 481 g/mol. The van der Waals surface area contributed by atoms with Crippen molar-refractivity contribution in [2.45, 2.75) is 32.7 Å². The summed E-state index contributed by atoms with van der Waals surface area (Å²) in [4.78, 5) is 15.2. The van der Waals surface area contributed by atoms with Crippen molar-refractivity contribution in [2.24, 2.45) is 0 Å². The molecule has 0 fully saturated rings. The number of ether oxygens (including phenoxy) is 2. The number of rotatable bonds is 9. The lowest BCUT2D eigenvalue weighted by molar-refractivity contribution is 0.0741. The lowest BCUT2D eigenvalue weighted by Gasteiger charge is -2.27. The third kappa shape index (κ3) is 4.12. The van der Waals surface area contributed by atoms with E-state index in [0.717, 1.165) is 24.0 Å². The van der Waals surface area contributed by atoms with Gasteiger partial charge in [-0.2, -0.15) is 5.10 Å². The predicted octanol–water partition coefficient (Wildman–Crippen LogP) is 5.66. The van der Waals surface area contributed by atoms with Crippen LogP contribution in [0.4, 0.5) is 0 Å². The van der Waals surface area contributed by atoms with Gasteiger partial charge in [-0.25, -0.2) is 0 Å². The average Bonchev–Trinajstić information content (AvgIpc) is 3.37. The molecule has 3 aromatic rings. The van der Waals surface area contributed by atoms with Crippen LogP contribution >= 0.6 is 11.6 Å². The first-order chi connectivity index (χ1) is 16.4. The summed E-state index contributed by atoms with van der Waals surface area (Å²) in [5.74, 6) is 1.07. The number of fused-ring (bicyclic) bond motifs is 1. The number of hydrogen-bond acceptors (Lipinski definition) is 5. The molecular formula is C26H28ClN3O4. The number of carbonyl (C=O) groups excluding carboxylic acids is 1. The van der Waals surface area contributed by atoms with Gasteiger partial charge < -0.3 is 19.5 Å². The van der Waals surface area contributed by atoms with Crippen LogP contribution in [0.15, 0.2) is 43.0 Å². The van der Waals surface area contributed by atoms with Crippen LogP contribution in [0.2, 0.25) is 5.02 Å². The zero-order valence-electron chi connectivity index (χ0n) is 19.5. The normalized spacial score (nSPS) is 14.9. The van der Waals surface area contributed by atoms with Crippen LogP contribution in [0.25, 0.3) is 11.3 Å². The number of H-pyrrole nitrogens is 1. The Balaban J connectivity index is 1.87. The van der Waals surface area contributed by atoms with E-state index >= 15 is 0 Å². The number of hydrogen-bond donors (Lipinski definition) is 2. The molecule has 4 rings (SSSR count). The maximum absolute atomic E-state index is 13.4. The molecule has 1 amide bonds. The second kappa shape index (κ2) is 9.81. The smallest absolute Gasteiger partial charge is 0.273 e. The van der Waals surface area contributed by atoms with Crippen molar-refractivity contribution < 1.29 is 19.4 Å². The topological polar surface area (TPSA) is 87.7 Å². The highest BCUT2D eigenvalue weighted by atomic mass is 35.5. The number of amides is 1. The number of aromatic nitrogens is 2. The van der Waals surface area contributed by atoms with Crippen molar-refractivity contribution in [1.82, 2.24) is 15.1 Å². The Hall–Kier alpha value is -3.45. The number of nitrogens with zero attached hydrogens (tertiary/aromatic N) is 2. The molecule has 1 aromatic heterocycles. The van der Waals surface area contributed by atoms with E-state index in [4.69, 9.17) is 21.1 Å². The average molecular weight is 482 g/mol. The Labute approximate surface area is 204 Å². The van der Waals surface area contributed by atoms with Crippen molar-refractivity contribution in [3.8, 4) is 28.5 Å². The summed E-state index contributed by atoms with van der Waals surface area (Å²) in [7, 11) is 1.58. The van der Waals surface area contributed by atoms with E-state index in [9.17, 15) is 9.90 Å². The Bertz CT molecular complexity index is 1240. The number of aromatic amines is 1. The van der Waals surface area contributed by atoms with Crippen molar-refractivity contribution >= 4 is 17.5 Å². The Kier molecular flexibility index (Phi) is 6.84. The molecule has 7 nitrogen and oxygen atoms in total. The highest BCUT2D eigenvalue weighted by Gasteiger charge is 2.42. The van der Waals surface area contributed by atoms with Gasteiger partial charge in [-0.1, -0.05) is 43.7 Å². The molecule has 0 aliphatic carbocycles. The highest BCUT2D eigenvalue weighted by Crippen LogP contribution is 2.46. The van der Waals surface area contributed by atoms with E-state index in [1.165, 1.54) is 0 Å². The number of phenols is 1. The van der Waals surface area contributed by atoms with E-state index in [0.29, 0.717) is 52.2 Å². The molecule has 0 saturated heterocycles. The molecule has 2 aromatic carbocycles. The third-order valence-electron chi connectivity index (χ3n) is 6.01. The lowest BCUT2D eigenvalue weighted by atomic mass is 9.95. The summed E-state index contributed by atoms with van der Waals surface area (Å²) >= 11 is 6.37. The van der Waals surface area contributed by atoms with Gasteiger partial charge in [-0.3, -0.25) is 9.89 Å². The molecule has 2 heterocycles. The van der Waals surface area contributed by atoms with Gasteiger partial charge in [0, 0.05) is 22.7 Å². The van der Waals surface area contributed by atoms with Crippen LogP contribution in [0.1, 0.15) is 53.0 Å². The lowest BCUT2D eigenvalue weighted by Crippen LogP contribution is -2.30. The zero-order valence-corrected chi connectivity index (χ0v) is 20.3. The molecule has 34 heavy (non-hydrogen) atoms. The van der Waals surface area contributed by atoms with Gasteiger partial charge in [0.1, 0.15) is 23.7 Å². The van der Waals surface area contributed by atoms with Gasteiger partial charge in [0.25, 0.3) is 5.91 Å². The summed E-state index contributed by atoms with van der Waals surface area (Å²) in [6, 6.07) is 8.51. The number of aromatic hydroxyl groups is 1. The molecule has 1 atom stereocenters. The highest BCUT2D eigenvalue weighted by molar-refractivity contribution is 6.31. The van der Waals surface area contributed by atoms with Gasteiger partial charge in [-0.15, -0.1) is 0 Å². The minimum Gasteiger partial charge on any atom is -0.507 e. The summed E-state index contributed by atoms with van der Waals surface area (Å²) in [6.07, 6.45) is 3.47. The standard InChI is InChI=1S/C26H28ClN3O4/c1-5-7-10-30-25(16-8-9-20(34-11-6-2)21(13-16)33-4)22-23(28-29-24(22)26(30)32)17-14-18(27)15(3)12-19(17)31/h6,8-9,12-14,25,31H,2,5,7,10-11H2,1,3-4H3,(H,28,29). The van der Waals surface area contributed by atoms with E-state index in [1.807, 2.05) is 30.0 Å². The van der Waals surface area contributed by atoms with Gasteiger partial charge in [0.05, 0.1) is 13.2 Å². The first-order valence-corrected chi connectivity index (χ1v) is 11.6.